The predicted octanol–water partition coefficient (Wildman–Crippen LogP) is 3.21. The van der Waals surface area contributed by atoms with Gasteiger partial charge in [-0.25, -0.2) is 4.98 Å². The van der Waals surface area contributed by atoms with Gasteiger partial charge in [-0.05, 0) is 35.2 Å². The highest BCUT2D eigenvalue weighted by Crippen LogP contribution is 2.23. The topological polar surface area (TPSA) is 60.2 Å². The molecule has 1 aliphatic rings. The van der Waals surface area contributed by atoms with E-state index in [1.54, 1.807) is 18.3 Å². The molecule has 5 nitrogen and oxygen atoms in total. The molecular formula is C21H24N4O. The number of amides is 1. The number of pyridine rings is 1. The van der Waals surface area contributed by atoms with Crippen molar-refractivity contribution >= 4 is 11.7 Å². The van der Waals surface area contributed by atoms with E-state index in [1.165, 1.54) is 5.56 Å². The minimum Gasteiger partial charge on any atom is -0.353 e. The Morgan fingerprint density at radius 3 is 2.31 bits per heavy atom. The largest absolute Gasteiger partial charge is 0.353 e. The maximum atomic E-state index is 12.8. The molecule has 0 atom stereocenters. The molecule has 3 rings (SSSR count). The number of carbonyl (C=O) groups is 1. The number of benzene rings is 1. The van der Waals surface area contributed by atoms with Gasteiger partial charge in [0.1, 0.15) is 5.82 Å². The molecule has 1 saturated heterocycles. The number of carbonyl (C=O) groups excluding carboxylic acids is 1. The van der Waals surface area contributed by atoms with Gasteiger partial charge in [0, 0.05) is 37.9 Å². The van der Waals surface area contributed by atoms with Crippen LogP contribution >= 0.6 is 0 Å². The Kier molecular flexibility index (Phi) is 4.94. The van der Waals surface area contributed by atoms with Gasteiger partial charge in [-0.1, -0.05) is 32.9 Å². The summed E-state index contributed by atoms with van der Waals surface area (Å²) in [5.74, 6) is 0.870. The molecule has 0 bridgehead atoms. The maximum Gasteiger partial charge on any atom is 0.253 e. The van der Waals surface area contributed by atoms with Crippen molar-refractivity contribution in [3.8, 4) is 6.07 Å². The van der Waals surface area contributed by atoms with Crippen LogP contribution < -0.4 is 4.90 Å². The normalized spacial score (nSPS) is 14.8. The van der Waals surface area contributed by atoms with Crippen LogP contribution in [0.25, 0.3) is 0 Å². The third kappa shape index (κ3) is 3.85. The Hall–Kier alpha value is -2.87. The average Bonchev–Trinajstić information content (AvgIpc) is 2.67. The van der Waals surface area contributed by atoms with Crippen molar-refractivity contribution < 1.29 is 4.79 Å². The number of aromatic nitrogens is 1. The zero-order chi connectivity index (χ0) is 18.7. The van der Waals surface area contributed by atoms with E-state index < -0.39 is 0 Å². The summed E-state index contributed by atoms with van der Waals surface area (Å²) in [6.45, 7) is 9.23. The molecule has 0 N–H and O–H groups in total. The lowest BCUT2D eigenvalue weighted by atomic mass is 9.86. The molecule has 2 aromatic rings. The molecule has 0 spiro atoms. The molecule has 0 radical (unpaired) electrons. The zero-order valence-electron chi connectivity index (χ0n) is 15.6. The summed E-state index contributed by atoms with van der Waals surface area (Å²) < 4.78 is 0. The number of rotatable bonds is 2. The van der Waals surface area contributed by atoms with E-state index in [1.807, 2.05) is 29.2 Å². The zero-order valence-corrected chi connectivity index (χ0v) is 15.6. The Balaban J connectivity index is 1.64. The van der Waals surface area contributed by atoms with Crippen LogP contribution in [0.3, 0.4) is 0 Å². The molecule has 134 valence electrons. The number of piperazine rings is 1. The second kappa shape index (κ2) is 7.17. The van der Waals surface area contributed by atoms with Gasteiger partial charge in [-0.15, -0.1) is 0 Å². The smallest absolute Gasteiger partial charge is 0.253 e. The van der Waals surface area contributed by atoms with Gasteiger partial charge in [0.25, 0.3) is 5.91 Å². The third-order valence-corrected chi connectivity index (χ3v) is 4.76. The molecular weight excluding hydrogens is 324 g/mol. The highest BCUT2D eigenvalue weighted by atomic mass is 16.2. The standard InChI is InChI=1S/C21H24N4O/c1-21(2,3)18-6-4-17(5-7-18)20(26)25-12-10-24(11-13-25)19-14-16(15-22)8-9-23-19/h4-9,14H,10-13H2,1-3H3. The summed E-state index contributed by atoms with van der Waals surface area (Å²) >= 11 is 0. The highest BCUT2D eigenvalue weighted by Gasteiger charge is 2.23. The number of nitrogens with zero attached hydrogens (tertiary/aromatic N) is 4. The SMILES string of the molecule is CC(C)(C)c1ccc(C(=O)N2CCN(c3cc(C#N)ccn3)CC2)cc1. The number of anilines is 1. The molecule has 1 fully saturated rings. The Morgan fingerprint density at radius 2 is 1.73 bits per heavy atom. The van der Waals surface area contributed by atoms with E-state index in [0.717, 1.165) is 11.4 Å². The first-order valence-electron chi connectivity index (χ1n) is 8.89. The number of hydrogen-bond acceptors (Lipinski definition) is 4. The van der Waals surface area contributed by atoms with E-state index in [0.29, 0.717) is 31.7 Å². The van der Waals surface area contributed by atoms with Crippen LogP contribution in [-0.4, -0.2) is 42.0 Å². The highest BCUT2D eigenvalue weighted by molar-refractivity contribution is 5.94. The second-order valence-electron chi connectivity index (χ2n) is 7.62. The van der Waals surface area contributed by atoms with Crippen LogP contribution in [0.2, 0.25) is 0 Å². The molecule has 0 saturated carbocycles. The fourth-order valence-corrected chi connectivity index (χ4v) is 3.09. The number of nitriles is 1. The van der Waals surface area contributed by atoms with Crippen LogP contribution in [0, 0.1) is 11.3 Å². The third-order valence-electron chi connectivity index (χ3n) is 4.76. The lowest BCUT2D eigenvalue weighted by molar-refractivity contribution is 0.0746. The lowest BCUT2D eigenvalue weighted by Gasteiger charge is -2.35. The van der Waals surface area contributed by atoms with Gasteiger partial charge in [-0.3, -0.25) is 4.79 Å². The fourth-order valence-electron chi connectivity index (χ4n) is 3.09. The number of hydrogen-bond donors (Lipinski definition) is 0. The van der Waals surface area contributed by atoms with Crippen molar-refractivity contribution in [3.05, 3.63) is 59.3 Å². The van der Waals surface area contributed by atoms with Crippen LogP contribution in [0.5, 0.6) is 0 Å². The first-order valence-corrected chi connectivity index (χ1v) is 8.89. The molecule has 5 heteroatoms. The summed E-state index contributed by atoms with van der Waals surface area (Å²) in [7, 11) is 0. The summed E-state index contributed by atoms with van der Waals surface area (Å²) in [6, 6.07) is 13.6. The van der Waals surface area contributed by atoms with Crippen molar-refractivity contribution in [1.82, 2.24) is 9.88 Å². The van der Waals surface area contributed by atoms with Crippen molar-refractivity contribution in [2.45, 2.75) is 26.2 Å². The predicted molar refractivity (Wildman–Crippen MR) is 102 cm³/mol. The van der Waals surface area contributed by atoms with Gasteiger partial charge >= 0.3 is 0 Å². The summed E-state index contributed by atoms with van der Waals surface area (Å²) in [6.07, 6.45) is 1.65. The van der Waals surface area contributed by atoms with Crippen molar-refractivity contribution in [2.24, 2.45) is 0 Å². The monoisotopic (exact) mass is 348 g/mol. The molecule has 0 unspecified atom stereocenters. The van der Waals surface area contributed by atoms with E-state index in [2.05, 4.69) is 36.7 Å². The minimum absolute atomic E-state index is 0.0730. The molecule has 1 aromatic carbocycles. The molecule has 1 aliphatic heterocycles. The van der Waals surface area contributed by atoms with E-state index in [-0.39, 0.29) is 11.3 Å². The van der Waals surface area contributed by atoms with Crippen LogP contribution in [-0.2, 0) is 5.41 Å². The van der Waals surface area contributed by atoms with Gasteiger partial charge in [-0.2, -0.15) is 5.26 Å². The fraction of sp³-hybridized carbons (Fsp3) is 0.381. The average molecular weight is 348 g/mol. The van der Waals surface area contributed by atoms with Gasteiger partial charge in [0.05, 0.1) is 11.6 Å². The summed E-state index contributed by atoms with van der Waals surface area (Å²) in [4.78, 5) is 21.1. The first kappa shape index (κ1) is 17.9. The van der Waals surface area contributed by atoms with Crippen LogP contribution in [0.15, 0.2) is 42.6 Å². The summed E-state index contributed by atoms with van der Waals surface area (Å²) in [5.41, 5.74) is 2.64. The summed E-state index contributed by atoms with van der Waals surface area (Å²) in [5, 5.41) is 9.02. The lowest BCUT2D eigenvalue weighted by Crippen LogP contribution is -2.49. The molecule has 1 amide bonds. The Morgan fingerprint density at radius 1 is 1.08 bits per heavy atom. The van der Waals surface area contributed by atoms with Gasteiger partial charge in [0.2, 0.25) is 0 Å². The second-order valence-corrected chi connectivity index (χ2v) is 7.62. The molecule has 1 aromatic heterocycles. The molecule has 0 aliphatic carbocycles. The van der Waals surface area contributed by atoms with Crippen LogP contribution in [0.4, 0.5) is 5.82 Å². The quantitative estimate of drug-likeness (QED) is 0.836. The van der Waals surface area contributed by atoms with Crippen molar-refractivity contribution in [3.63, 3.8) is 0 Å². The minimum atomic E-state index is 0.0730. The van der Waals surface area contributed by atoms with E-state index in [9.17, 15) is 4.79 Å². The molecule has 26 heavy (non-hydrogen) atoms. The van der Waals surface area contributed by atoms with Crippen LogP contribution in [0.1, 0.15) is 42.3 Å². The van der Waals surface area contributed by atoms with E-state index in [4.69, 9.17) is 5.26 Å². The Bertz CT molecular complexity index is 822. The maximum absolute atomic E-state index is 12.8. The van der Waals surface area contributed by atoms with Gasteiger partial charge < -0.3 is 9.80 Å². The Labute approximate surface area is 154 Å². The first-order chi connectivity index (χ1) is 12.4. The molecule has 2 heterocycles. The van der Waals surface area contributed by atoms with Gasteiger partial charge in [0.15, 0.2) is 0 Å². The van der Waals surface area contributed by atoms with Crippen molar-refractivity contribution in [1.29, 1.82) is 5.26 Å². The van der Waals surface area contributed by atoms with E-state index >= 15 is 0 Å². The van der Waals surface area contributed by atoms with Crippen molar-refractivity contribution in [2.75, 3.05) is 31.1 Å².